The third kappa shape index (κ3) is 5.34. The normalized spacial score (nSPS) is 18.5. The average Bonchev–Trinajstić information content (AvgIpc) is 3.40. The van der Waals surface area contributed by atoms with Gasteiger partial charge in [0.2, 0.25) is 5.91 Å². The van der Waals surface area contributed by atoms with Crippen LogP contribution in [-0.2, 0) is 4.79 Å². The van der Waals surface area contributed by atoms with E-state index in [1.54, 1.807) is 0 Å². The van der Waals surface area contributed by atoms with Crippen molar-refractivity contribution in [3.05, 3.63) is 83.6 Å². The van der Waals surface area contributed by atoms with E-state index < -0.39 is 0 Å². The Kier molecular flexibility index (Phi) is 6.75. The van der Waals surface area contributed by atoms with E-state index in [-0.39, 0.29) is 17.7 Å². The van der Waals surface area contributed by atoms with Gasteiger partial charge in [-0.15, -0.1) is 5.10 Å². The number of carbonyl (C=O) groups excluding carboxylic acids is 2. The number of likely N-dealkylation sites (tertiary alicyclic amines) is 1. The minimum atomic E-state index is -0.0655. The number of carbonyl (C=O) groups is 2. The molecule has 1 unspecified atom stereocenters. The third-order valence-electron chi connectivity index (χ3n) is 7.12. The van der Waals surface area contributed by atoms with Gasteiger partial charge in [0, 0.05) is 37.4 Å². The van der Waals surface area contributed by atoms with Crippen molar-refractivity contribution < 1.29 is 9.59 Å². The molecule has 2 aliphatic heterocycles. The Bertz CT molecular complexity index is 1160. The molecule has 0 spiro atoms. The van der Waals surface area contributed by atoms with E-state index in [0.29, 0.717) is 12.5 Å². The van der Waals surface area contributed by atoms with Crippen molar-refractivity contribution in [1.82, 2.24) is 15.1 Å². The van der Waals surface area contributed by atoms with Gasteiger partial charge in [-0.1, -0.05) is 30.3 Å². The van der Waals surface area contributed by atoms with Gasteiger partial charge in [-0.05, 0) is 74.1 Å². The Morgan fingerprint density at radius 3 is 2.29 bits per heavy atom. The third-order valence-corrected chi connectivity index (χ3v) is 7.12. The van der Waals surface area contributed by atoms with Gasteiger partial charge in [0.25, 0.3) is 5.91 Å². The Labute approximate surface area is 206 Å². The molecule has 5 rings (SSSR count). The number of piperidine rings is 1. The minimum Gasteiger partial charge on any atom is -0.354 e. The van der Waals surface area contributed by atoms with Crippen molar-refractivity contribution in [3.63, 3.8) is 0 Å². The lowest BCUT2D eigenvalue weighted by Crippen LogP contribution is -2.37. The van der Waals surface area contributed by atoms with Gasteiger partial charge in [0.1, 0.15) is 0 Å². The maximum absolute atomic E-state index is 12.8. The van der Waals surface area contributed by atoms with Gasteiger partial charge in [-0.2, -0.15) is 5.10 Å². The van der Waals surface area contributed by atoms with E-state index in [1.807, 2.05) is 66.4 Å². The van der Waals surface area contributed by atoms with Crippen LogP contribution in [-0.4, -0.2) is 53.1 Å². The number of anilines is 2. The molecule has 2 aliphatic rings. The highest BCUT2D eigenvalue weighted by Gasteiger charge is 2.29. The van der Waals surface area contributed by atoms with Gasteiger partial charge < -0.3 is 15.1 Å². The lowest BCUT2D eigenvalue weighted by molar-refractivity contribution is -0.119. The summed E-state index contributed by atoms with van der Waals surface area (Å²) in [7, 11) is 0. The van der Waals surface area contributed by atoms with E-state index in [1.165, 1.54) is 5.56 Å². The average molecular weight is 470 g/mol. The van der Waals surface area contributed by atoms with Gasteiger partial charge in [0.05, 0.1) is 11.6 Å². The molecule has 0 bridgehead atoms. The minimum absolute atomic E-state index is 0.0491. The van der Waals surface area contributed by atoms with Crippen molar-refractivity contribution in [2.75, 3.05) is 36.4 Å². The summed E-state index contributed by atoms with van der Waals surface area (Å²) in [6.07, 6.45) is 2.70. The fraction of sp³-hybridized carbons (Fsp3) is 0.357. The van der Waals surface area contributed by atoms with E-state index >= 15 is 0 Å². The molecule has 2 saturated heterocycles. The Balaban J connectivity index is 1.12. The second-order valence-electron chi connectivity index (χ2n) is 9.51. The van der Waals surface area contributed by atoms with Crippen LogP contribution < -0.4 is 10.2 Å². The number of rotatable bonds is 5. The first kappa shape index (κ1) is 23.0. The summed E-state index contributed by atoms with van der Waals surface area (Å²) in [5, 5.41) is 11.4. The van der Waals surface area contributed by atoms with Crippen LogP contribution in [0.4, 0.5) is 11.5 Å². The van der Waals surface area contributed by atoms with Gasteiger partial charge in [-0.25, -0.2) is 0 Å². The highest BCUT2D eigenvalue weighted by Crippen LogP contribution is 2.30. The van der Waals surface area contributed by atoms with Gasteiger partial charge >= 0.3 is 0 Å². The molecule has 7 heteroatoms. The first-order valence-electron chi connectivity index (χ1n) is 12.4. The van der Waals surface area contributed by atoms with Crippen molar-refractivity contribution in [3.8, 4) is 0 Å². The number of hydrogen-bond acceptors (Lipinski definition) is 5. The Morgan fingerprint density at radius 2 is 1.60 bits per heavy atom. The SMILES string of the molecule is Cc1ccc(N2CCC(C(=O)Nc3ccc(C4CCN(C(=O)c5ccccc5)CC4)cc3)C2)nn1. The van der Waals surface area contributed by atoms with Crippen molar-refractivity contribution >= 4 is 23.3 Å². The maximum Gasteiger partial charge on any atom is 0.253 e. The molecule has 1 aromatic heterocycles. The molecule has 2 aromatic carbocycles. The van der Waals surface area contributed by atoms with E-state index in [0.717, 1.165) is 61.7 Å². The molecule has 1 atom stereocenters. The number of hydrogen-bond donors (Lipinski definition) is 1. The molecule has 2 amide bonds. The molecular formula is C28H31N5O2. The van der Waals surface area contributed by atoms with E-state index in [9.17, 15) is 9.59 Å². The summed E-state index contributed by atoms with van der Waals surface area (Å²) in [6.45, 7) is 4.90. The molecule has 2 fully saturated rings. The van der Waals surface area contributed by atoms with Crippen molar-refractivity contribution in [1.29, 1.82) is 0 Å². The first-order valence-corrected chi connectivity index (χ1v) is 12.4. The summed E-state index contributed by atoms with van der Waals surface area (Å²) in [4.78, 5) is 29.6. The first-order chi connectivity index (χ1) is 17.1. The zero-order valence-electron chi connectivity index (χ0n) is 20.1. The molecule has 0 aliphatic carbocycles. The maximum atomic E-state index is 12.8. The molecule has 1 N–H and O–H groups in total. The van der Waals surface area contributed by atoms with Crippen molar-refractivity contribution in [2.45, 2.75) is 32.1 Å². The van der Waals surface area contributed by atoms with E-state index in [2.05, 4.69) is 32.5 Å². The predicted molar refractivity (Wildman–Crippen MR) is 136 cm³/mol. The topological polar surface area (TPSA) is 78.4 Å². The van der Waals surface area contributed by atoms with Gasteiger partial charge in [0.15, 0.2) is 5.82 Å². The summed E-state index contributed by atoms with van der Waals surface area (Å²) >= 11 is 0. The number of benzene rings is 2. The smallest absolute Gasteiger partial charge is 0.253 e. The molecular weight excluding hydrogens is 438 g/mol. The van der Waals surface area contributed by atoms with Crippen LogP contribution in [0.25, 0.3) is 0 Å². The van der Waals surface area contributed by atoms with Crippen LogP contribution in [0.1, 0.15) is 46.8 Å². The van der Waals surface area contributed by atoms with Crippen LogP contribution in [0.15, 0.2) is 66.7 Å². The van der Waals surface area contributed by atoms with Crippen LogP contribution in [0.3, 0.4) is 0 Å². The van der Waals surface area contributed by atoms with Crippen molar-refractivity contribution in [2.24, 2.45) is 5.92 Å². The number of amides is 2. The largest absolute Gasteiger partial charge is 0.354 e. The number of nitrogens with one attached hydrogen (secondary N) is 1. The monoisotopic (exact) mass is 469 g/mol. The van der Waals surface area contributed by atoms with E-state index in [4.69, 9.17) is 0 Å². The second kappa shape index (κ2) is 10.3. The fourth-order valence-electron chi connectivity index (χ4n) is 5.01. The highest BCUT2D eigenvalue weighted by molar-refractivity contribution is 5.94. The summed E-state index contributed by atoms with van der Waals surface area (Å²) in [6, 6.07) is 21.6. The molecule has 0 radical (unpaired) electrons. The molecule has 3 aromatic rings. The van der Waals surface area contributed by atoms with Crippen LogP contribution in [0.2, 0.25) is 0 Å². The van der Waals surface area contributed by atoms with Gasteiger partial charge in [-0.3, -0.25) is 9.59 Å². The van der Waals surface area contributed by atoms with Crippen LogP contribution >= 0.6 is 0 Å². The standard InChI is InChI=1S/C28H31N5O2/c1-20-7-12-26(31-30-20)33-18-15-24(19-33)27(34)29-25-10-8-21(9-11-25)22-13-16-32(17-14-22)28(35)23-5-3-2-4-6-23/h2-12,22,24H,13-19H2,1H3,(H,29,34). The number of aryl methyl sites for hydroxylation is 1. The van der Waals surface area contributed by atoms with Crippen LogP contribution in [0.5, 0.6) is 0 Å². The summed E-state index contributed by atoms with van der Waals surface area (Å²) in [5.74, 6) is 1.35. The molecule has 35 heavy (non-hydrogen) atoms. The Hall–Kier alpha value is -3.74. The molecule has 180 valence electrons. The zero-order valence-corrected chi connectivity index (χ0v) is 20.1. The molecule has 7 nitrogen and oxygen atoms in total. The molecule has 0 saturated carbocycles. The number of aromatic nitrogens is 2. The lowest BCUT2D eigenvalue weighted by atomic mass is 9.89. The Morgan fingerprint density at radius 1 is 0.857 bits per heavy atom. The van der Waals surface area contributed by atoms with Crippen LogP contribution in [0, 0.1) is 12.8 Å². The summed E-state index contributed by atoms with van der Waals surface area (Å²) < 4.78 is 0. The lowest BCUT2D eigenvalue weighted by Gasteiger charge is -2.32. The second-order valence-corrected chi connectivity index (χ2v) is 9.51. The fourth-order valence-corrected chi connectivity index (χ4v) is 5.01. The quantitative estimate of drug-likeness (QED) is 0.604. The summed E-state index contributed by atoms with van der Waals surface area (Å²) in [5.41, 5.74) is 3.73. The predicted octanol–water partition coefficient (Wildman–Crippen LogP) is 4.27. The molecule has 3 heterocycles. The number of nitrogens with zero attached hydrogens (tertiary/aromatic N) is 4. The highest BCUT2D eigenvalue weighted by atomic mass is 16.2. The zero-order chi connectivity index (χ0) is 24.2.